The van der Waals surface area contributed by atoms with Crippen LogP contribution in [0, 0.1) is 0 Å². The van der Waals surface area contributed by atoms with E-state index in [1.807, 2.05) is 44.2 Å². The molecule has 1 aliphatic rings. The number of nitrogens with one attached hydrogen (secondary N) is 2. The Kier molecular flexibility index (Phi) is 8.14. The van der Waals surface area contributed by atoms with Gasteiger partial charge in [0.05, 0.1) is 6.54 Å². The fourth-order valence-corrected chi connectivity index (χ4v) is 3.94. The molecule has 0 aromatic heterocycles. The molecule has 0 radical (unpaired) electrons. The van der Waals surface area contributed by atoms with Gasteiger partial charge in [-0.3, -0.25) is 24.2 Å². The normalized spacial score (nSPS) is 15.9. The summed E-state index contributed by atoms with van der Waals surface area (Å²) < 4.78 is 0. The van der Waals surface area contributed by atoms with Crippen LogP contribution in [0.25, 0.3) is 0 Å². The first-order valence-corrected chi connectivity index (χ1v) is 11.1. The molecule has 7 heteroatoms. The van der Waals surface area contributed by atoms with Gasteiger partial charge in [0, 0.05) is 43.5 Å². The maximum absolute atomic E-state index is 13.4. The van der Waals surface area contributed by atoms with Crippen molar-refractivity contribution in [3.63, 3.8) is 0 Å². The van der Waals surface area contributed by atoms with Crippen molar-refractivity contribution in [1.29, 1.82) is 0 Å². The van der Waals surface area contributed by atoms with Crippen molar-refractivity contribution in [2.75, 3.05) is 38.0 Å². The molecule has 2 aromatic rings. The predicted molar refractivity (Wildman–Crippen MR) is 126 cm³/mol. The van der Waals surface area contributed by atoms with Crippen LogP contribution in [0.1, 0.15) is 42.7 Å². The zero-order valence-electron chi connectivity index (χ0n) is 19.0. The number of rotatable bonds is 8. The summed E-state index contributed by atoms with van der Waals surface area (Å²) >= 11 is 0. The highest BCUT2D eigenvalue weighted by Gasteiger charge is 2.31. The molecule has 7 nitrogen and oxygen atoms in total. The summed E-state index contributed by atoms with van der Waals surface area (Å²) in [5, 5.41) is 5.91. The van der Waals surface area contributed by atoms with Gasteiger partial charge in [-0.1, -0.05) is 42.5 Å². The Labute approximate surface area is 189 Å². The number of anilines is 1. The van der Waals surface area contributed by atoms with Crippen molar-refractivity contribution in [2.45, 2.75) is 32.9 Å². The van der Waals surface area contributed by atoms with Gasteiger partial charge < -0.3 is 10.6 Å². The minimum atomic E-state index is -0.455. The highest BCUT2D eigenvalue weighted by molar-refractivity contribution is 5.98. The van der Waals surface area contributed by atoms with Gasteiger partial charge in [-0.15, -0.1) is 0 Å². The van der Waals surface area contributed by atoms with Gasteiger partial charge in [-0.2, -0.15) is 0 Å². The Hall–Kier alpha value is -3.03. The van der Waals surface area contributed by atoms with Crippen molar-refractivity contribution in [3.8, 4) is 0 Å². The second-order valence-electron chi connectivity index (χ2n) is 8.47. The third-order valence-electron chi connectivity index (χ3n) is 5.49. The van der Waals surface area contributed by atoms with E-state index in [2.05, 4.69) is 20.4 Å². The number of amides is 2. The number of hydrogen-bond donors (Lipinski definition) is 2. The first-order chi connectivity index (χ1) is 15.3. The van der Waals surface area contributed by atoms with Crippen LogP contribution in [0.15, 0.2) is 54.6 Å². The van der Waals surface area contributed by atoms with Crippen LogP contribution in [0.4, 0.5) is 5.69 Å². The third kappa shape index (κ3) is 6.48. The van der Waals surface area contributed by atoms with E-state index in [1.165, 1.54) is 6.92 Å². The molecule has 1 fully saturated rings. The van der Waals surface area contributed by atoms with Crippen molar-refractivity contribution < 1.29 is 14.4 Å². The van der Waals surface area contributed by atoms with Crippen molar-refractivity contribution >= 4 is 23.3 Å². The molecule has 32 heavy (non-hydrogen) atoms. The fourth-order valence-electron chi connectivity index (χ4n) is 3.94. The molecule has 0 bridgehead atoms. The Balaban J connectivity index is 1.71. The van der Waals surface area contributed by atoms with Gasteiger partial charge in [-0.25, -0.2) is 0 Å². The molecule has 0 spiro atoms. The fraction of sp³-hybridized carbons (Fsp3) is 0.400. The zero-order valence-corrected chi connectivity index (χ0v) is 19.0. The highest BCUT2D eigenvalue weighted by Crippen LogP contribution is 2.24. The van der Waals surface area contributed by atoms with Crippen LogP contribution in [0.2, 0.25) is 0 Å². The lowest BCUT2D eigenvalue weighted by Gasteiger charge is -2.38. The van der Waals surface area contributed by atoms with E-state index in [1.54, 1.807) is 24.3 Å². The molecule has 0 aliphatic carbocycles. The Morgan fingerprint density at radius 3 is 2.25 bits per heavy atom. The van der Waals surface area contributed by atoms with Crippen molar-refractivity contribution in [3.05, 3.63) is 65.7 Å². The molecule has 2 N–H and O–H groups in total. The second-order valence-corrected chi connectivity index (χ2v) is 8.47. The number of carbonyl (C=O) groups is 3. The number of carbonyl (C=O) groups excluding carboxylic acids is 3. The van der Waals surface area contributed by atoms with Gasteiger partial charge in [0.2, 0.25) is 11.8 Å². The SMILES string of the molecule is CC(=O)c1cccc(NC(=O)C(c2ccccc2)N2CCN(CC(=O)NC(C)C)CC2)c1. The summed E-state index contributed by atoms with van der Waals surface area (Å²) in [6.07, 6.45) is 0. The van der Waals surface area contributed by atoms with Crippen molar-refractivity contribution in [2.24, 2.45) is 0 Å². The smallest absolute Gasteiger partial charge is 0.246 e. The molecule has 1 saturated heterocycles. The average molecular weight is 437 g/mol. The van der Waals surface area contributed by atoms with E-state index in [-0.39, 0.29) is 23.6 Å². The molecular formula is C25H32N4O3. The standard InChI is InChI=1S/C25H32N4O3/c1-18(2)26-23(31)17-28-12-14-29(15-13-28)24(20-8-5-4-6-9-20)25(32)27-22-11-7-10-21(16-22)19(3)30/h4-11,16,18,24H,12-15,17H2,1-3H3,(H,26,31)(H,27,32). The first-order valence-electron chi connectivity index (χ1n) is 11.1. The lowest BCUT2D eigenvalue weighted by atomic mass is 10.0. The molecule has 1 atom stereocenters. The molecule has 1 heterocycles. The van der Waals surface area contributed by atoms with Crippen LogP contribution < -0.4 is 10.6 Å². The number of ketones is 1. The summed E-state index contributed by atoms with van der Waals surface area (Å²) in [7, 11) is 0. The summed E-state index contributed by atoms with van der Waals surface area (Å²) in [6.45, 7) is 8.55. The zero-order chi connectivity index (χ0) is 23.1. The van der Waals surface area contributed by atoms with Gasteiger partial charge in [0.25, 0.3) is 0 Å². The van der Waals surface area contributed by atoms with Crippen LogP contribution in [-0.4, -0.2) is 66.2 Å². The summed E-state index contributed by atoms with van der Waals surface area (Å²) in [5.41, 5.74) is 2.08. The van der Waals surface area contributed by atoms with E-state index in [0.717, 1.165) is 5.56 Å². The third-order valence-corrected chi connectivity index (χ3v) is 5.49. The average Bonchev–Trinajstić information content (AvgIpc) is 2.75. The highest BCUT2D eigenvalue weighted by atomic mass is 16.2. The molecule has 0 saturated carbocycles. The quantitative estimate of drug-likeness (QED) is 0.622. The van der Waals surface area contributed by atoms with E-state index in [4.69, 9.17) is 0 Å². The second kappa shape index (κ2) is 11.0. The minimum Gasteiger partial charge on any atom is -0.353 e. The van der Waals surface area contributed by atoms with Crippen LogP contribution in [-0.2, 0) is 9.59 Å². The van der Waals surface area contributed by atoms with E-state index >= 15 is 0 Å². The van der Waals surface area contributed by atoms with Crippen molar-refractivity contribution in [1.82, 2.24) is 15.1 Å². The van der Waals surface area contributed by atoms with Gasteiger partial charge in [0.15, 0.2) is 5.78 Å². The predicted octanol–water partition coefficient (Wildman–Crippen LogP) is 2.71. The topological polar surface area (TPSA) is 81.8 Å². The molecule has 2 aromatic carbocycles. The monoisotopic (exact) mass is 436 g/mol. The Morgan fingerprint density at radius 2 is 1.62 bits per heavy atom. The van der Waals surface area contributed by atoms with E-state index < -0.39 is 6.04 Å². The maximum Gasteiger partial charge on any atom is 0.246 e. The number of nitrogens with zero attached hydrogens (tertiary/aromatic N) is 2. The largest absolute Gasteiger partial charge is 0.353 e. The lowest BCUT2D eigenvalue weighted by Crippen LogP contribution is -2.52. The van der Waals surface area contributed by atoms with Crippen LogP contribution >= 0.6 is 0 Å². The van der Waals surface area contributed by atoms with Gasteiger partial charge in [-0.05, 0) is 38.5 Å². The first kappa shape index (κ1) is 23.6. The van der Waals surface area contributed by atoms with E-state index in [0.29, 0.717) is 44.0 Å². The number of Topliss-reactive ketones (excluding diaryl/α,β-unsaturated/α-hetero) is 1. The Bertz CT molecular complexity index is 937. The van der Waals surface area contributed by atoms with Crippen LogP contribution in [0.3, 0.4) is 0 Å². The minimum absolute atomic E-state index is 0.0242. The molecule has 1 unspecified atom stereocenters. The summed E-state index contributed by atoms with van der Waals surface area (Å²) in [5.74, 6) is -0.155. The maximum atomic E-state index is 13.4. The summed E-state index contributed by atoms with van der Waals surface area (Å²) in [4.78, 5) is 41.4. The molecule has 1 aliphatic heterocycles. The molecule has 3 rings (SSSR count). The van der Waals surface area contributed by atoms with Gasteiger partial charge >= 0.3 is 0 Å². The number of piperazine rings is 1. The van der Waals surface area contributed by atoms with Gasteiger partial charge in [0.1, 0.15) is 6.04 Å². The number of benzene rings is 2. The molecule has 170 valence electrons. The molecular weight excluding hydrogens is 404 g/mol. The van der Waals surface area contributed by atoms with E-state index in [9.17, 15) is 14.4 Å². The molecule has 2 amide bonds. The number of hydrogen-bond acceptors (Lipinski definition) is 5. The Morgan fingerprint density at radius 1 is 0.938 bits per heavy atom. The van der Waals surface area contributed by atoms with Crippen LogP contribution in [0.5, 0.6) is 0 Å². The summed E-state index contributed by atoms with van der Waals surface area (Å²) in [6, 6.07) is 16.4. The lowest BCUT2D eigenvalue weighted by molar-refractivity contribution is -0.125.